The molecule has 0 bridgehead atoms. The van der Waals surface area contributed by atoms with Crippen molar-refractivity contribution in [2.75, 3.05) is 6.54 Å². The number of hydrogen-bond donors (Lipinski definition) is 1. The van der Waals surface area contributed by atoms with Crippen LogP contribution in [0.1, 0.15) is 31.9 Å². The van der Waals surface area contributed by atoms with E-state index in [9.17, 15) is 0 Å². The van der Waals surface area contributed by atoms with Crippen molar-refractivity contribution in [1.82, 2.24) is 9.88 Å². The zero-order valence-corrected chi connectivity index (χ0v) is 11.0. The minimum absolute atomic E-state index is 0.486. The lowest BCUT2D eigenvalue weighted by Gasteiger charge is -2.40. The fourth-order valence-corrected chi connectivity index (χ4v) is 2.78. The molecule has 94 valence electrons. The van der Waals surface area contributed by atoms with Gasteiger partial charge in [0.1, 0.15) is 0 Å². The molecule has 17 heavy (non-hydrogen) atoms. The third kappa shape index (κ3) is 3.18. The van der Waals surface area contributed by atoms with E-state index in [1.54, 1.807) is 6.20 Å². The molecule has 0 radical (unpaired) electrons. The smallest absolute Gasteiger partial charge is 0.0558 e. The van der Waals surface area contributed by atoms with Crippen LogP contribution in [-0.4, -0.2) is 28.5 Å². The summed E-state index contributed by atoms with van der Waals surface area (Å²) < 4.78 is 0. The molecule has 4 heteroatoms. The predicted octanol–water partition coefficient (Wildman–Crippen LogP) is 2.44. The van der Waals surface area contributed by atoms with E-state index in [-0.39, 0.29) is 0 Å². The first kappa shape index (κ1) is 12.8. The van der Waals surface area contributed by atoms with Gasteiger partial charge in [-0.3, -0.25) is 9.88 Å². The maximum absolute atomic E-state index is 5.99. The van der Waals surface area contributed by atoms with E-state index in [1.165, 1.54) is 19.3 Å². The lowest BCUT2D eigenvalue weighted by molar-refractivity contribution is 0.0878. The van der Waals surface area contributed by atoms with Gasteiger partial charge in [-0.2, -0.15) is 0 Å². The average Bonchev–Trinajstić information content (AvgIpc) is 2.32. The standard InChI is InChI=1S/C13H20ClN3/c1-10-3-2-4-13(8-15)17(10)9-12-7-11(14)5-6-16-12/h5-7,10,13H,2-4,8-9,15H2,1H3. The largest absolute Gasteiger partial charge is 0.329 e. The number of likely N-dealkylation sites (tertiary alicyclic amines) is 1. The summed E-state index contributed by atoms with van der Waals surface area (Å²) in [6, 6.07) is 4.82. The van der Waals surface area contributed by atoms with Gasteiger partial charge in [-0.05, 0) is 31.9 Å². The number of nitrogens with zero attached hydrogens (tertiary/aromatic N) is 2. The van der Waals surface area contributed by atoms with E-state index >= 15 is 0 Å². The number of hydrogen-bond acceptors (Lipinski definition) is 3. The fourth-order valence-electron chi connectivity index (χ4n) is 2.60. The highest BCUT2D eigenvalue weighted by Gasteiger charge is 2.26. The Hall–Kier alpha value is -0.640. The number of halogens is 1. The van der Waals surface area contributed by atoms with Gasteiger partial charge in [0, 0.05) is 36.4 Å². The third-order valence-corrected chi connectivity index (χ3v) is 3.82. The summed E-state index contributed by atoms with van der Waals surface area (Å²) in [5.41, 5.74) is 6.88. The molecule has 0 saturated carbocycles. The van der Waals surface area contributed by atoms with E-state index in [0.29, 0.717) is 12.1 Å². The zero-order chi connectivity index (χ0) is 12.3. The highest BCUT2D eigenvalue weighted by atomic mass is 35.5. The molecule has 2 N–H and O–H groups in total. The van der Waals surface area contributed by atoms with Crippen LogP contribution in [-0.2, 0) is 6.54 Å². The van der Waals surface area contributed by atoms with Crippen molar-refractivity contribution < 1.29 is 0 Å². The van der Waals surface area contributed by atoms with Crippen LogP contribution in [0.25, 0.3) is 0 Å². The van der Waals surface area contributed by atoms with Crippen molar-refractivity contribution in [1.29, 1.82) is 0 Å². The maximum Gasteiger partial charge on any atom is 0.0558 e. The summed E-state index contributed by atoms with van der Waals surface area (Å²) in [6.07, 6.45) is 5.49. The van der Waals surface area contributed by atoms with E-state index in [0.717, 1.165) is 23.8 Å². The van der Waals surface area contributed by atoms with Crippen LogP contribution in [0.3, 0.4) is 0 Å². The van der Waals surface area contributed by atoms with Gasteiger partial charge in [0.05, 0.1) is 5.69 Å². The average molecular weight is 254 g/mol. The quantitative estimate of drug-likeness (QED) is 0.900. The number of pyridine rings is 1. The molecule has 0 amide bonds. The second-order valence-corrected chi connectivity index (χ2v) is 5.24. The van der Waals surface area contributed by atoms with E-state index in [2.05, 4.69) is 16.8 Å². The predicted molar refractivity (Wildman–Crippen MR) is 70.9 cm³/mol. The number of piperidine rings is 1. The molecule has 1 aromatic heterocycles. The summed E-state index contributed by atoms with van der Waals surface area (Å²) >= 11 is 5.99. The van der Waals surface area contributed by atoms with Crippen molar-refractivity contribution in [3.63, 3.8) is 0 Å². The summed E-state index contributed by atoms with van der Waals surface area (Å²) in [5, 5.41) is 0.754. The molecule has 2 atom stereocenters. The Kier molecular flexibility index (Phi) is 4.37. The van der Waals surface area contributed by atoms with Gasteiger partial charge in [-0.15, -0.1) is 0 Å². The topological polar surface area (TPSA) is 42.1 Å². The van der Waals surface area contributed by atoms with Crippen molar-refractivity contribution in [2.24, 2.45) is 5.73 Å². The highest BCUT2D eigenvalue weighted by Crippen LogP contribution is 2.24. The van der Waals surface area contributed by atoms with Crippen molar-refractivity contribution in [2.45, 2.75) is 44.8 Å². The van der Waals surface area contributed by atoms with Crippen LogP contribution in [0.2, 0.25) is 5.02 Å². The maximum atomic E-state index is 5.99. The normalized spacial score (nSPS) is 26.1. The lowest BCUT2D eigenvalue weighted by Crippen LogP contribution is -2.48. The molecular weight excluding hydrogens is 234 g/mol. The molecule has 1 aromatic rings. The summed E-state index contributed by atoms with van der Waals surface area (Å²) in [5.74, 6) is 0. The molecule has 3 nitrogen and oxygen atoms in total. The molecule has 1 fully saturated rings. The number of aromatic nitrogens is 1. The second-order valence-electron chi connectivity index (χ2n) is 4.81. The van der Waals surface area contributed by atoms with Crippen LogP contribution >= 0.6 is 11.6 Å². The Labute approximate surface area is 108 Å². The Morgan fingerprint density at radius 2 is 2.35 bits per heavy atom. The van der Waals surface area contributed by atoms with Gasteiger partial charge in [-0.25, -0.2) is 0 Å². The fraction of sp³-hybridized carbons (Fsp3) is 0.615. The first-order valence-electron chi connectivity index (χ1n) is 6.27. The Bertz CT molecular complexity index is 369. The van der Waals surface area contributed by atoms with Gasteiger partial charge < -0.3 is 5.73 Å². The molecule has 2 heterocycles. The number of rotatable bonds is 3. The van der Waals surface area contributed by atoms with Gasteiger partial charge in [0.25, 0.3) is 0 Å². The monoisotopic (exact) mass is 253 g/mol. The molecule has 0 aliphatic carbocycles. The summed E-state index contributed by atoms with van der Waals surface area (Å²) in [4.78, 5) is 6.83. The first-order chi connectivity index (χ1) is 8.20. The van der Waals surface area contributed by atoms with Crippen LogP contribution in [0, 0.1) is 0 Å². The molecule has 0 aromatic carbocycles. The molecule has 1 saturated heterocycles. The van der Waals surface area contributed by atoms with Crippen LogP contribution in [0.15, 0.2) is 18.3 Å². The van der Waals surface area contributed by atoms with Crippen LogP contribution in [0.4, 0.5) is 0 Å². The van der Waals surface area contributed by atoms with Crippen molar-refractivity contribution in [3.05, 3.63) is 29.0 Å². The minimum atomic E-state index is 0.486. The molecule has 0 spiro atoms. The summed E-state index contributed by atoms with van der Waals surface area (Å²) in [6.45, 7) is 3.85. The van der Waals surface area contributed by atoms with Crippen LogP contribution in [0.5, 0.6) is 0 Å². The minimum Gasteiger partial charge on any atom is -0.329 e. The Morgan fingerprint density at radius 3 is 3.06 bits per heavy atom. The van der Waals surface area contributed by atoms with Gasteiger partial charge in [0.15, 0.2) is 0 Å². The zero-order valence-electron chi connectivity index (χ0n) is 10.3. The van der Waals surface area contributed by atoms with Gasteiger partial charge >= 0.3 is 0 Å². The van der Waals surface area contributed by atoms with E-state index in [4.69, 9.17) is 17.3 Å². The molecule has 2 unspecified atom stereocenters. The van der Waals surface area contributed by atoms with Crippen molar-refractivity contribution >= 4 is 11.6 Å². The van der Waals surface area contributed by atoms with Gasteiger partial charge in [-0.1, -0.05) is 18.0 Å². The van der Waals surface area contributed by atoms with Crippen LogP contribution < -0.4 is 5.73 Å². The number of nitrogens with two attached hydrogens (primary N) is 1. The lowest BCUT2D eigenvalue weighted by atomic mass is 9.96. The Morgan fingerprint density at radius 1 is 1.53 bits per heavy atom. The van der Waals surface area contributed by atoms with E-state index in [1.807, 2.05) is 12.1 Å². The molecule has 1 aliphatic rings. The Balaban J connectivity index is 2.09. The molecule has 1 aliphatic heterocycles. The SMILES string of the molecule is CC1CCCC(CN)N1Cc1cc(Cl)ccn1. The van der Waals surface area contributed by atoms with E-state index < -0.39 is 0 Å². The summed E-state index contributed by atoms with van der Waals surface area (Å²) in [7, 11) is 0. The molecule has 2 rings (SSSR count). The highest BCUT2D eigenvalue weighted by molar-refractivity contribution is 6.30. The van der Waals surface area contributed by atoms with Gasteiger partial charge in [0.2, 0.25) is 0 Å². The second kappa shape index (κ2) is 5.80. The molecular formula is C13H20ClN3. The first-order valence-corrected chi connectivity index (χ1v) is 6.64. The third-order valence-electron chi connectivity index (χ3n) is 3.59. The van der Waals surface area contributed by atoms with Crippen molar-refractivity contribution in [3.8, 4) is 0 Å².